The molecule has 37 heavy (non-hydrogen) atoms. The van der Waals surface area contributed by atoms with Crippen molar-refractivity contribution in [1.82, 2.24) is 0 Å². The monoisotopic (exact) mass is 496 g/mol. The molecule has 3 spiro atoms. The van der Waals surface area contributed by atoms with Crippen LogP contribution in [0.2, 0.25) is 6.32 Å². The van der Waals surface area contributed by atoms with Gasteiger partial charge in [0, 0.05) is 0 Å². The summed E-state index contributed by atoms with van der Waals surface area (Å²) in [6.45, 7) is 14.2. The van der Waals surface area contributed by atoms with Crippen molar-refractivity contribution in [3.63, 3.8) is 0 Å². The van der Waals surface area contributed by atoms with E-state index in [-0.39, 0.29) is 0 Å². The summed E-state index contributed by atoms with van der Waals surface area (Å²) in [6.07, 6.45) is 21.8. The number of hydrogen-bond donors (Lipinski definition) is 0. The van der Waals surface area contributed by atoms with Gasteiger partial charge < -0.3 is 0 Å². The highest BCUT2D eigenvalue weighted by atomic mass is 14.9. The number of hydrogen-bond acceptors (Lipinski definition) is 0. The Morgan fingerprint density at radius 2 is 1.62 bits per heavy atom. The van der Waals surface area contributed by atoms with E-state index in [1.54, 1.807) is 77.0 Å². The Labute approximate surface area is 229 Å². The van der Waals surface area contributed by atoms with Gasteiger partial charge in [0.2, 0.25) is 0 Å². The largest absolute Gasteiger partial charge is 0.0856 e. The zero-order valence-corrected chi connectivity index (χ0v) is 24.8. The fourth-order valence-electron chi connectivity index (χ4n) is 19.0. The molecule has 14 atom stereocenters. The Hall–Kier alpha value is 0.0649. The van der Waals surface area contributed by atoms with E-state index in [2.05, 4.69) is 34.6 Å². The lowest BCUT2D eigenvalue weighted by molar-refractivity contribution is -0.343. The summed E-state index contributed by atoms with van der Waals surface area (Å²) in [5.41, 5.74) is 3.99. The normalized spacial score (nSPS) is 70.7. The minimum absolute atomic E-state index is 0.491. The third kappa shape index (κ3) is 1.76. The molecule has 15 bridgehead atoms. The zero-order chi connectivity index (χ0) is 25.2. The molecule has 0 aromatic carbocycles. The second kappa shape index (κ2) is 5.99. The first kappa shape index (κ1) is 22.7. The van der Waals surface area contributed by atoms with Crippen LogP contribution in [0.25, 0.3) is 0 Å². The second-order valence-corrected chi connectivity index (χ2v) is 19.0. The smallest absolute Gasteiger partial charge is 0.0656 e. The van der Waals surface area contributed by atoms with E-state index in [1.807, 2.05) is 0 Å². The Morgan fingerprint density at radius 3 is 2.41 bits per heavy atom. The third-order valence-corrected chi connectivity index (χ3v) is 19.6. The molecule has 13 aliphatic carbocycles. The fraction of sp³-hybridized carbons (Fsp3) is 1.00. The van der Waals surface area contributed by atoms with E-state index in [0.29, 0.717) is 43.8 Å². The minimum Gasteiger partial charge on any atom is -0.0856 e. The molecular formula is C36H53B. The minimum atomic E-state index is 0.491. The van der Waals surface area contributed by atoms with Crippen LogP contribution in [0.5, 0.6) is 0 Å². The van der Waals surface area contributed by atoms with Gasteiger partial charge in [-0.25, -0.2) is 0 Å². The van der Waals surface area contributed by atoms with Gasteiger partial charge in [-0.3, -0.25) is 0 Å². The lowest BCUT2D eigenvalue weighted by Gasteiger charge is -2.82. The molecule has 13 aliphatic rings. The summed E-state index contributed by atoms with van der Waals surface area (Å²) in [7, 11) is 7.04. The van der Waals surface area contributed by atoms with Crippen LogP contribution in [0.15, 0.2) is 0 Å². The van der Waals surface area contributed by atoms with Gasteiger partial charge in [-0.15, -0.1) is 0 Å². The predicted molar refractivity (Wildman–Crippen MR) is 151 cm³/mol. The van der Waals surface area contributed by atoms with Crippen molar-refractivity contribution in [2.45, 2.75) is 124 Å². The van der Waals surface area contributed by atoms with Gasteiger partial charge >= 0.3 is 0 Å². The molecule has 13 fully saturated rings. The topological polar surface area (TPSA) is 0 Å². The van der Waals surface area contributed by atoms with Crippen LogP contribution in [0, 0.1) is 97.1 Å². The summed E-state index contributed by atoms with van der Waals surface area (Å²) in [5.74, 6) is 10.0. The van der Waals surface area contributed by atoms with Crippen LogP contribution in [-0.4, -0.2) is 7.85 Å². The second-order valence-electron chi connectivity index (χ2n) is 19.0. The van der Waals surface area contributed by atoms with E-state index in [1.165, 1.54) is 6.42 Å². The Balaban J connectivity index is 1.43. The van der Waals surface area contributed by atoms with E-state index >= 15 is 0 Å². The molecule has 8 unspecified atom stereocenters. The maximum Gasteiger partial charge on any atom is 0.0656 e. The summed E-state index contributed by atoms with van der Waals surface area (Å²) < 4.78 is 0. The average molecular weight is 497 g/mol. The molecule has 0 saturated heterocycles. The van der Waals surface area contributed by atoms with Crippen LogP contribution in [-0.2, 0) is 0 Å². The van der Waals surface area contributed by atoms with Crippen molar-refractivity contribution in [2.24, 2.45) is 97.1 Å². The summed E-state index contributed by atoms with van der Waals surface area (Å²) >= 11 is 0. The highest BCUT2D eigenvalue weighted by Gasteiger charge is 2.91. The Morgan fingerprint density at radius 1 is 0.811 bits per heavy atom. The van der Waals surface area contributed by atoms with E-state index in [0.717, 1.165) is 59.6 Å². The molecule has 0 amide bonds. The average Bonchev–Trinajstić information content (AvgIpc) is 3.02. The third-order valence-electron chi connectivity index (χ3n) is 19.6. The standard InChI is InChI=1S/C36H53B/c1-20(18-37)36-24-7-6-9-33-19-35(36)17-27(33)23-8-10-31(36,4)26-16-34(35,29(23)22-13-21(26)14-22)12-11-30(2,3)32(5)25(24)15-28(32)33/h20-29H,6-19H2,1-5H3/t20?,21?,22?,23-,24?,25?,26?,27+,28?,29?,31-,32-,33+,34?,35?,36+/m1/s1. The molecule has 13 rings (SSSR count). The lowest BCUT2D eigenvalue weighted by Crippen LogP contribution is -2.76. The molecule has 13 saturated carbocycles. The van der Waals surface area contributed by atoms with Crippen LogP contribution in [0.1, 0.15) is 118 Å². The van der Waals surface area contributed by atoms with Gasteiger partial charge in [-0.2, -0.15) is 0 Å². The van der Waals surface area contributed by atoms with E-state index in [9.17, 15) is 0 Å². The molecule has 0 aromatic rings. The van der Waals surface area contributed by atoms with E-state index < -0.39 is 0 Å². The molecule has 1 heteroatoms. The molecule has 0 aromatic heterocycles. The van der Waals surface area contributed by atoms with Crippen molar-refractivity contribution in [1.29, 1.82) is 0 Å². The van der Waals surface area contributed by atoms with Gasteiger partial charge in [0.25, 0.3) is 0 Å². The van der Waals surface area contributed by atoms with Crippen molar-refractivity contribution in [3.05, 3.63) is 0 Å². The number of fused-ring (bicyclic) bond motifs is 5. The van der Waals surface area contributed by atoms with Gasteiger partial charge in [0.1, 0.15) is 0 Å². The van der Waals surface area contributed by atoms with Crippen molar-refractivity contribution < 1.29 is 0 Å². The first-order valence-electron chi connectivity index (χ1n) is 17.3. The Kier molecular flexibility index (Phi) is 3.68. The first-order chi connectivity index (χ1) is 17.6. The highest BCUT2D eigenvalue weighted by molar-refractivity contribution is 6.08. The SMILES string of the molecule is [B]CC(C)[C@@]12C3CCC[C@]45CC16C[C@H]4[C@H]1CC[C@]2(C)C2CC6(CCC(C)(C)[C@]4(C)C3CC54)C1C1CC2C1. The quantitative estimate of drug-likeness (QED) is 0.335. The summed E-state index contributed by atoms with van der Waals surface area (Å²) in [5, 5.41) is 0. The van der Waals surface area contributed by atoms with E-state index in [4.69, 9.17) is 7.85 Å². The van der Waals surface area contributed by atoms with Gasteiger partial charge in [-0.1, -0.05) is 47.4 Å². The first-order valence-corrected chi connectivity index (χ1v) is 17.3. The molecule has 0 N–H and O–H groups in total. The maximum absolute atomic E-state index is 7.04. The van der Waals surface area contributed by atoms with Crippen LogP contribution >= 0.6 is 0 Å². The van der Waals surface area contributed by atoms with Crippen LogP contribution in [0.4, 0.5) is 0 Å². The van der Waals surface area contributed by atoms with Crippen molar-refractivity contribution in [3.8, 4) is 0 Å². The predicted octanol–water partition coefficient (Wildman–Crippen LogP) is 8.95. The van der Waals surface area contributed by atoms with Gasteiger partial charge in [0.15, 0.2) is 0 Å². The zero-order valence-electron chi connectivity index (χ0n) is 24.8. The molecular weight excluding hydrogens is 443 g/mol. The number of rotatable bonds is 2. The fourth-order valence-corrected chi connectivity index (χ4v) is 19.0. The van der Waals surface area contributed by atoms with Crippen LogP contribution < -0.4 is 0 Å². The molecule has 200 valence electrons. The molecule has 0 aliphatic heterocycles. The molecule has 2 radical (unpaired) electrons. The summed E-state index contributed by atoms with van der Waals surface area (Å²) in [4.78, 5) is 0. The lowest BCUT2D eigenvalue weighted by atomic mass is 9.22. The van der Waals surface area contributed by atoms with Crippen molar-refractivity contribution >= 4 is 7.85 Å². The maximum atomic E-state index is 7.04. The Bertz CT molecular complexity index is 1100. The van der Waals surface area contributed by atoms with Gasteiger partial charge in [0.05, 0.1) is 7.85 Å². The summed E-state index contributed by atoms with van der Waals surface area (Å²) in [6, 6.07) is 0. The highest BCUT2D eigenvalue weighted by Crippen LogP contribution is 2.97. The molecule has 0 heterocycles. The molecule has 0 nitrogen and oxygen atoms in total. The van der Waals surface area contributed by atoms with Crippen LogP contribution in [0.3, 0.4) is 0 Å². The van der Waals surface area contributed by atoms with Gasteiger partial charge in [-0.05, 0) is 174 Å². The van der Waals surface area contributed by atoms with Crippen molar-refractivity contribution in [2.75, 3.05) is 0 Å².